The number of benzene rings is 1. The fourth-order valence-electron chi connectivity index (χ4n) is 4.77. The summed E-state index contributed by atoms with van der Waals surface area (Å²) >= 11 is 0. The Morgan fingerprint density at radius 1 is 1.19 bits per heavy atom. The number of carbonyl (C=O) groups excluding carboxylic acids is 2. The number of rotatable bonds is 8. The zero-order valence-corrected chi connectivity index (χ0v) is 20.5. The molecule has 2 N–H and O–H groups in total. The minimum absolute atomic E-state index is 0.00276. The number of halogens is 2. The Hall–Kier alpha value is -3.66. The third-order valence-electron chi connectivity index (χ3n) is 7.05. The van der Waals surface area contributed by atoms with Gasteiger partial charge in [0.05, 0.1) is 17.5 Å². The summed E-state index contributed by atoms with van der Waals surface area (Å²) in [6.07, 6.45) is 6.44. The van der Waals surface area contributed by atoms with E-state index in [0.717, 1.165) is 30.8 Å². The van der Waals surface area contributed by atoms with E-state index >= 15 is 0 Å². The van der Waals surface area contributed by atoms with E-state index in [0.29, 0.717) is 18.9 Å². The molecule has 0 bridgehead atoms. The molecule has 2 aromatic heterocycles. The number of hydrogen-bond acceptors (Lipinski definition) is 6. The first-order valence-electron chi connectivity index (χ1n) is 12.5. The summed E-state index contributed by atoms with van der Waals surface area (Å²) in [5.41, 5.74) is 0.857. The van der Waals surface area contributed by atoms with E-state index in [-0.39, 0.29) is 29.0 Å². The molecular formula is C27H29F2N5O3. The van der Waals surface area contributed by atoms with Crippen molar-refractivity contribution in [3.8, 4) is 11.3 Å². The first-order chi connectivity index (χ1) is 17.9. The molecule has 1 aliphatic carbocycles. The summed E-state index contributed by atoms with van der Waals surface area (Å²) in [4.78, 5) is 32.9. The highest BCUT2D eigenvalue weighted by Crippen LogP contribution is 2.32. The molecule has 1 saturated heterocycles. The lowest BCUT2D eigenvalue weighted by molar-refractivity contribution is -0.128. The van der Waals surface area contributed by atoms with Gasteiger partial charge in [-0.3, -0.25) is 14.6 Å². The van der Waals surface area contributed by atoms with Crippen LogP contribution in [0.5, 0.6) is 0 Å². The number of nitrogens with one attached hydrogen (secondary N) is 2. The minimum Gasteiger partial charge on any atom is -0.355 e. The molecule has 0 spiro atoms. The highest BCUT2D eigenvalue weighted by Gasteiger charge is 2.38. The van der Waals surface area contributed by atoms with Gasteiger partial charge < -0.3 is 20.1 Å². The van der Waals surface area contributed by atoms with E-state index in [1.54, 1.807) is 12.4 Å². The molecule has 2 amide bonds. The van der Waals surface area contributed by atoms with E-state index in [4.69, 9.17) is 4.52 Å². The van der Waals surface area contributed by atoms with Gasteiger partial charge in [0.2, 0.25) is 5.91 Å². The standard InChI is InChI=1S/C27H29F2N5O3/c1-16(18-3-2-9-30-13-18)31-26(35)21-15-34(14-17-4-5-17)10-8-23(21)32-27(36)24-12-25(37-33-24)20-7-6-19(28)11-22(20)29/h2-3,6-7,9,11-13,16-17,21,23H,4-5,8,10,14-15H2,1H3,(H,31,35)(H,32,36)/t16-,21+,23+/m1/s1. The van der Waals surface area contributed by atoms with Gasteiger partial charge >= 0.3 is 0 Å². The van der Waals surface area contributed by atoms with E-state index in [1.165, 1.54) is 25.0 Å². The quantitative estimate of drug-likeness (QED) is 0.480. The SMILES string of the molecule is C[C@@H](NC(=O)[C@H]1CN(CC2CC2)CC[C@@H]1NC(=O)c1cc(-c2ccc(F)cc2F)on1)c1cccnc1. The van der Waals surface area contributed by atoms with Crippen LogP contribution in [0, 0.1) is 23.5 Å². The highest BCUT2D eigenvalue weighted by atomic mass is 19.1. The van der Waals surface area contributed by atoms with Crippen LogP contribution in [0.2, 0.25) is 0 Å². The van der Waals surface area contributed by atoms with Gasteiger partial charge in [-0.15, -0.1) is 0 Å². The van der Waals surface area contributed by atoms with Crippen LogP contribution in [0.3, 0.4) is 0 Å². The smallest absolute Gasteiger partial charge is 0.273 e. The number of nitrogens with zero attached hydrogens (tertiary/aromatic N) is 3. The van der Waals surface area contributed by atoms with Gasteiger partial charge in [0.25, 0.3) is 5.91 Å². The average molecular weight is 510 g/mol. The molecule has 8 nitrogen and oxygen atoms in total. The third-order valence-corrected chi connectivity index (χ3v) is 7.05. The molecule has 1 aromatic carbocycles. The molecular weight excluding hydrogens is 480 g/mol. The summed E-state index contributed by atoms with van der Waals surface area (Å²) in [6, 6.07) is 7.47. The molecule has 37 heavy (non-hydrogen) atoms. The fourth-order valence-corrected chi connectivity index (χ4v) is 4.77. The maximum atomic E-state index is 14.1. The summed E-state index contributed by atoms with van der Waals surface area (Å²) in [5.74, 6) is -1.95. The largest absolute Gasteiger partial charge is 0.355 e. The Labute approximate surface area is 213 Å². The zero-order chi connectivity index (χ0) is 25.9. The predicted molar refractivity (Wildman–Crippen MR) is 131 cm³/mol. The molecule has 2 fully saturated rings. The second kappa shape index (κ2) is 10.8. The van der Waals surface area contributed by atoms with Gasteiger partial charge in [-0.1, -0.05) is 11.2 Å². The molecule has 0 unspecified atom stereocenters. The molecule has 3 atom stereocenters. The van der Waals surface area contributed by atoms with Crippen molar-refractivity contribution in [1.82, 2.24) is 25.7 Å². The van der Waals surface area contributed by atoms with E-state index in [1.807, 2.05) is 19.1 Å². The number of pyridine rings is 1. The third kappa shape index (κ3) is 6.02. The maximum absolute atomic E-state index is 14.1. The molecule has 1 saturated carbocycles. The van der Waals surface area contributed by atoms with Crippen molar-refractivity contribution in [2.45, 2.75) is 38.3 Å². The molecule has 1 aliphatic heterocycles. The molecule has 3 heterocycles. The van der Waals surface area contributed by atoms with Crippen LogP contribution in [-0.2, 0) is 4.79 Å². The van der Waals surface area contributed by atoms with Gasteiger partial charge in [0, 0.05) is 50.2 Å². The summed E-state index contributed by atoms with van der Waals surface area (Å²) < 4.78 is 32.5. The summed E-state index contributed by atoms with van der Waals surface area (Å²) in [5, 5.41) is 9.79. The Morgan fingerprint density at radius 3 is 2.76 bits per heavy atom. The van der Waals surface area contributed by atoms with Crippen LogP contribution in [0.4, 0.5) is 8.78 Å². The molecule has 194 valence electrons. The highest BCUT2D eigenvalue weighted by molar-refractivity contribution is 5.94. The first kappa shape index (κ1) is 25.0. The topological polar surface area (TPSA) is 100 Å². The lowest BCUT2D eigenvalue weighted by atomic mass is 9.90. The van der Waals surface area contributed by atoms with Crippen molar-refractivity contribution >= 4 is 11.8 Å². The molecule has 3 aromatic rings. The van der Waals surface area contributed by atoms with Gasteiger partial charge in [0.1, 0.15) is 11.6 Å². The lowest BCUT2D eigenvalue weighted by Crippen LogP contribution is -2.56. The number of hydrogen-bond donors (Lipinski definition) is 2. The molecule has 0 radical (unpaired) electrons. The number of piperidine rings is 1. The Bertz CT molecular complexity index is 1260. The monoisotopic (exact) mass is 509 g/mol. The van der Waals surface area contributed by atoms with E-state index in [2.05, 4.69) is 25.7 Å². The summed E-state index contributed by atoms with van der Waals surface area (Å²) in [7, 11) is 0. The lowest BCUT2D eigenvalue weighted by Gasteiger charge is -2.38. The van der Waals surface area contributed by atoms with Crippen molar-refractivity contribution in [2.75, 3.05) is 19.6 Å². The van der Waals surface area contributed by atoms with E-state index in [9.17, 15) is 18.4 Å². The van der Waals surface area contributed by atoms with Crippen molar-refractivity contribution in [3.63, 3.8) is 0 Å². The van der Waals surface area contributed by atoms with Gasteiger partial charge in [-0.2, -0.15) is 0 Å². The van der Waals surface area contributed by atoms with Gasteiger partial charge in [-0.05, 0) is 55.9 Å². The van der Waals surface area contributed by atoms with Crippen molar-refractivity contribution < 1.29 is 22.9 Å². The van der Waals surface area contributed by atoms with Crippen molar-refractivity contribution in [1.29, 1.82) is 0 Å². The molecule has 10 heteroatoms. The van der Waals surface area contributed by atoms with Crippen molar-refractivity contribution in [3.05, 3.63) is 71.7 Å². The number of amides is 2. The second-order valence-electron chi connectivity index (χ2n) is 9.90. The minimum atomic E-state index is -0.814. The van der Waals surface area contributed by atoms with Crippen molar-refractivity contribution in [2.24, 2.45) is 11.8 Å². The van der Waals surface area contributed by atoms with Crippen LogP contribution < -0.4 is 10.6 Å². The maximum Gasteiger partial charge on any atom is 0.273 e. The zero-order valence-electron chi connectivity index (χ0n) is 20.5. The molecule has 2 aliphatic rings. The molecule has 5 rings (SSSR count). The van der Waals surface area contributed by atoms with Gasteiger partial charge in [0.15, 0.2) is 11.5 Å². The van der Waals surface area contributed by atoms with Crippen LogP contribution >= 0.6 is 0 Å². The van der Waals surface area contributed by atoms with Crippen LogP contribution in [0.25, 0.3) is 11.3 Å². The Balaban J connectivity index is 1.29. The number of carbonyl (C=O) groups is 2. The Morgan fingerprint density at radius 2 is 2.03 bits per heavy atom. The normalized spacial score (nSPS) is 20.8. The van der Waals surface area contributed by atoms with Crippen LogP contribution in [0.1, 0.15) is 48.3 Å². The van der Waals surface area contributed by atoms with Crippen LogP contribution in [0.15, 0.2) is 53.3 Å². The first-order valence-corrected chi connectivity index (χ1v) is 12.5. The number of likely N-dealkylation sites (tertiary alicyclic amines) is 1. The fraction of sp³-hybridized carbons (Fsp3) is 0.407. The van der Waals surface area contributed by atoms with Crippen LogP contribution in [-0.4, -0.2) is 52.5 Å². The second-order valence-corrected chi connectivity index (χ2v) is 9.90. The predicted octanol–water partition coefficient (Wildman–Crippen LogP) is 3.72. The van der Waals surface area contributed by atoms with E-state index < -0.39 is 29.5 Å². The summed E-state index contributed by atoms with van der Waals surface area (Å²) in [6.45, 7) is 4.17. The average Bonchev–Trinajstić information content (AvgIpc) is 3.57. The Kier molecular flexibility index (Phi) is 7.27. The van der Waals surface area contributed by atoms with Gasteiger partial charge in [-0.25, -0.2) is 8.78 Å². The number of aromatic nitrogens is 2.